The van der Waals surface area contributed by atoms with Crippen molar-refractivity contribution in [3.63, 3.8) is 0 Å². The average molecular weight is 416 g/mol. The molecule has 0 saturated carbocycles. The summed E-state index contributed by atoms with van der Waals surface area (Å²) in [7, 11) is 0. The second-order valence-electron chi connectivity index (χ2n) is 5.46. The number of halogens is 1. The molecule has 1 aromatic rings. The van der Waals surface area contributed by atoms with Crippen molar-refractivity contribution >= 4 is 5.57 Å². The Hall–Kier alpha value is -0.907. The third kappa shape index (κ3) is 10.1. The number of hydrogen-bond acceptors (Lipinski definition) is 0. The van der Waals surface area contributed by atoms with Crippen LogP contribution >= 0.6 is 0 Å². The number of benzene rings is 1. The van der Waals surface area contributed by atoms with Crippen LogP contribution in [0, 0.1) is 39.5 Å². The first-order valence-electron chi connectivity index (χ1n) is 7.63. The van der Waals surface area contributed by atoms with Crippen LogP contribution in [0.4, 0.5) is 0 Å². The van der Waals surface area contributed by atoms with Crippen LogP contribution in [0.3, 0.4) is 0 Å². The minimum absolute atomic E-state index is 0. The van der Waals surface area contributed by atoms with Crippen molar-refractivity contribution in [2.24, 2.45) is 0 Å². The normalized spacial score (nSPS) is 12.3. The molecule has 3 rings (SSSR count). The van der Waals surface area contributed by atoms with Crippen molar-refractivity contribution in [2.45, 2.75) is 40.5 Å². The molecule has 0 N–H and O–H groups in total. The maximum Gasteiger partial charge on any atom is 4.00 e. The van der Waals surface area contributed by atoms with Crippen LogP contribution in [0.25, 0.3) is 5.57 Å². The van der Waals surface area contributed by atoms with Gasteiger partial charge in [0.2, 0.25) is 0 Å². The Morgan fingerprint density at radius 3 is 1.54 bits per heavy atom. The Bertz CT molecular complexity index is 554. The molecule has 2 aliphatic rings. The second-order valence-corrected chi connectivity index (χ2v) is 5.46. The quantitative estimate of drug-likeness (QED) is 0.618. The third-order valence-electron chi connectivity index (χ3n) is 3.24. The van der Waals surface area contributed by atoms with Gasteiger partial charge in [-0.25, -0.2) is 29.9 Å². The summed E-state index contributed by atoms with van der Waals surface area (Å²) in [6.45, 7) is 14.0. The van der Waals surface area contributed by atoms with Gasteiger partial charge in [0.1, 0.15) is 0 Å². The molecule has 1 aromatic carbocycles. The summed E-state index contributed by atoms with van der Waals surface area (Å²) in [6, 6.07) is 4.33. The molecule has 124 valence electrons. The standard InChI is InChI=1S/C12H15.2C5H5.ClH.Zr/c1-8(2)12-10(4)6-9(3)7-11(12)5;2*1-2-4-5-3-1;;/h1,6-7H,2-5H3;2*1-3H,4H2;1H;/q3*-1;;+4/p-1. The average Bonchev–Trinajstić information content (AvgIpc) is 3.17. The summed E-state index contributed by atoms with van der Waals surface area (Å²) >= 11 is 0. The summed E-state index contributed by atoms with van der Waals surface area (Å²) < 4.78 is 0. The fourth-order valence-electron chi connectivity index (χ4n) is 2.48. The Kier molecular flexibility index (Phi) is 15.2. The van der Waals surface area contributed by atoms with E-state index in [1.807, 2.05) is 31.2 Å². The predicted octanol–water partition coefficient (Wildman–Crippen LogP) is 3.06. The topological polar surface area (TPSA) is 0 Å². The predicted molar refractivity (Wildman–Crippen MR) is 97.2 cm³/mol. The van der Waals surface area contributed by atoms with Gasteiger partial charge in [-0.15, -0.1) is 24.0 Å². The van der Waals surface area contributed by atoms with Crippen LogP contribution in [0.15, 0.2) is 48.6 Å². The van der Waals surface area contributed by atoms with Crippen LogP contribution < -0.4 is 12.4 Å². The molecule has 0 atom stereocenters. The molecular weight excluding hydrogens is 391 g/mol. The fourth-order valence-corrected chi connectivity index (χ4v) is 2.48. The molecular formula is C22H25ClZr. The Morgan fingerprint density at radius 2 is 1.33 bits per heavy atom. The van der Waals surface area contributed by atoms with Gasteiger partial charge in [0.15, 0.2) is 0 Å². The molecule has 0 unspecified atom stereocenters. The first kappa shape index (κ1) is 25.3. The first-order chi connectivity index (χ1) is 10.5. The SMILES string of the molecule is [C-]1=CC=CC1.[C-]1=CC=CC1.[CH-]=C(C)c1c(C)cc(C)cc1C.[Cl-].[Zr+4]. The number of rotatable bonds is 1. The van der Waals surface area contributed by atoms with E-state index in [-0.39, 0.29) is 38.6 Å². The van der Waals surface area contributed by atoms with Crippen LogP contribution in [0.2, 0.25) is 0 Å². The van der Waals surface area contributed by atoms with Gasteiger partial charge in [-0.05, 0) is 6.92 Å². The number of hydrogen-bond donors (Lipinski definition) is 0. The fraction of sp³-hybridized carbons (Fsp3) is 0.273. The van der Waals surface area contributed by atoms with Gasteiger partial charge < -0.3 is 12.4 Å². The van der Waals surface area contributed by atoms with Gasteiger partial charge in [0.25, 0.3) is 0 Å². The molecule has 0 aromatic heterocycles. The maximum absolute atomic E-state index is 5.78. The van der Waals surface area contributed by atoms with E-state index < -0.39 is 0 Å². The van der Waals surface area contributed by atoms with Crippen LogP contribution in [-0.2, 0) is 26.2 Å². The van der Waals surface area contributed by atoms with Crippen LogP contribution in [-0.4, -0.2) is 0 Å². The Labute approximate surface area is 173 Å². The number of allylic oxidation sites excluding steroid dienone is 9. The van der Waals surface area contributed by atoms with Gasteiger partial charge in [-0.3, -0.25) is 18.7 Å². The molecule has 0 bridgehead atoms. The minimum Gasteiger partial charge on any atom is -1.00 e. The van der Waals surface area contributed by atoms with E-state index in [9.17, 15) is 0 Å². The van der Waals surface area contributed by atoms with E-state index >= 15 is 0 Å². The van der Waals surface area contributed by atoms with Gasteiger partial charge in [0.05, 0.1) is 0 Å². The minimum atomic E-state index is 0. The Morgan fingerprint density at radius 1 is 0.917 bits per heavy atom. The van der Waals surface area contributed by atoms with Crippen molar-refractivity contribution < 1.29 is 38.6 Å². The molecule has 0 saturated heterocycles. The van der Waals surface area contributed by atoms with Gasteiger partial charge in [0, 0.05) is 0 Å². The zero-order chi connectivity index (χ0) is 16.4. The van der Waals surface area contributed by atoms with Crippen LogP contribution in [0.1, 0.15) is 42.0 Å². The largest absolute Gasteiger partial charge is 4.00 e. The van der Waals surface area contributed by atoms with E-state index in [0.717, 1.165) is 18.4 Å². The monoisotopic (exact) mass is 414 g/mol. The molecule has 0 amide bonds. The van der Waals surface area contributed by atoms with E-state index in [1.54, 1.807) is 0 Å². The molecule has 2 heteroatoms. The summed E-state index contributed by atoms with van der Waals surface area (Å²) in [5.74, 6) is 0. The summed E-state index contributed by atoms with van der Waals surface area (Å²) in [5.41, 5.74) is 5.96. The van der Waals surface area contributed by atoms with Crippen LogP contribution in [0.5, 0.6) is 0 Å². The second kappa shape index (κ2) is 14.4. The molecule has 0 spiro atoms. The smallest absolute Gasteiger partial charge is 1.00 e. The van der Waals surface area contributed by atoms with E-state index in [4.69, 9.17) is 6.58 Å². The Balaban J connectivity index is 0. The maximum atomic E-state index is 5.78. The zero-order valence-corrected chi connectivity index (χ0v) is 18.2. The molecule has 0 aliphatic heterocycles. The molecule has 2 aliphatic carbocycles. The van der Waals surface area contributed by atoms with Crippen molar-refractivity contribution in [1.82, 2.24) is 0 Å². The molecule has 0 heterocycles. The van der Waals surface area contributed by atoms with Crippen molar-refractivity contribution in [3.8, 4) is 0 Å². The zero-order valence-electron chi connectivity index (χ0n) is 15.0. The van der Waals surface area contributed by atoms with Crippen molar-refractivity contribution in [3.05, 3.63) is 89.6 Å². The third-order valence-corrected chi connectivity index (χ3v) is 3.24. The van der Waals surface area contributed by atoms with Gasteiger partial charge in [-0.1, -0.05) is 38.5 Å². The summed E-state index contributed by atoms with van der Waals surface area (Å²) in [4.78, 5) is 0. The van der Waals surface area contributed by atoms with E-state index in [2.05, 4.69) is 57.2 Å². The first-order valence-corrected chi connectivity index (χ1v) is 7.63. The van der Waals surface area contributed by atoms with E-state index in [1.165, 1.54) is 22.3 Å². The molecule has 0 radical (unpaired) electrons. The molecule has 24 heavy (non-hydrogen) atoms. The molecule has 0 nitrogen and oxygen atoms in total. The molecule has 0 fully saturated rings. The number of aryl methyl sites for hydroxylation is 3. The summed E-state index contributed by atoms with van der Waals surface area (Å²) in [5, 5.41) is 0. The van der Waals surface area contributed by atoms with Gasteiger partial charge >= 0.3 is 26.2 Å². The van der Waals surface area contributed by atoms with Gasteiger partial charge in [-0.2, -0.15) is 17.7 Å². The summed E-state index contributed by atoms with van der Waals surface area (Å²) in [6.07, 6.45) is 20.0. The van der Waals surface area contributed by atoms with E-state index in [0.29, 0.717) is 0 Å². The van der Waals surface area contributed by atoms with Crippen molar-refractivity contribution in [2.75, 3.05) is 0 Å². The van der Waals surface area contributed by atoms with Crippen molar-refractivity contribution in [1.29, 1.82) is 0 Å².